The van der Waals surface area contributed by atoms with Crippen molar-refractivity contribution in [2.75, 3.05) is 26.7 Å². The molecule has 39 heavy (non-hydrogen) atoms. The van der Waals surface area contributed by atoms with E-state index >= 15 is 0 Å². The molecular formula is C33H42N2O3Si. The summed E-state index contributed by atoms with van der Waals surface area (Å²) in [5, 5.41) is 6.00. The van der Waals surface area contributed by atoms with Crippen LogP contribution in [0.5, 0.6) is 0 Å². The Bertz CT molecular complexity index is 1160. The van der Waals surface area contributed by atoms with Gasteiger partial charge in [0, 0.05) is 32.6 Å². The van der Waals surface area contributed by atoms with Crippen LogP contribution in [-0.4, -0.2) is 52.1 Å². The highest BCUT2D eigenvalue weighted by atomic mass is 28.4. The molecule has 0 radical (unpaired) electrons. The van der Waals surface area contributed by atoms with Gasteiger partial charge < -0.3 is 19.4 Å². The van der Waals surface area contributed by atoms with Crippen LogP contribution < -0.4 is 15.7 Å². The second-order valence-electron chi connectivity index (χ2n) is 10.7. The largest absolute Gasteiger partial charge is 0.445 e. The Morgan fingerprint density at radius 3 is 1.97 bits per heavy atom. The number of rotatable bonds is 12. The van der Waals surface area contributed by atoms with E-state index in [0.29, 0.717) is 26.1 Å². The summed E-state index contributed by atoms with van der Waals surface area (Å²) in [6.45, 7) is 10.6. The average molecular weight is 543 g/mol. The maximum absolute atomic E-state index is 12.5. The molecule has 0 spiro atoms. The van der Waals surface area contributed by atoms with Gasteiger partial charge >= 0.3 is 6.09 Å². The Morgan fingerprint density at radius 2 is 1.46 bits per heavy atom. The molecule has 0 aliphatic carbocycles. The summed E-state index contributed by atoms with van der Waals surface area (Å²) in [4.78, 5) is 14.1. The number of nitrogens with one attached hydrogen (secondary N) is 1. The predicted octanol–water partition coefficient (Wildman–Crippen LogP) is 5.20. The van der Waals surface area contributed by atoms with E-state index in [-0.39, 0.29) is 23.8 Å². The van der Waals surface area contributed by atoms with E-state index < -0.39 is 8.32 Å². The molecule has 206 valence electrons. The van der Waals surface area contributed by atoms with E-state index in [4.69, 9.17) is 9.16 Å². The van der Waals surface area contributed by atoms with Crippen molar-refractivity contribution in [3.8, 4) is 11.8 Å². The van der Waals surface area contributed by atoms with Gasteiger partial charge in [-0.05, 0) is 27.9 Å². The highest BCUT2D eigenvalue weighted by Crippen LogP contribution is 2.36. The van der Waals surface area contributed by atoms with Crippen molar-refractivity contribution in [1.29, 1.82) is 0 Å². The Morgan fingerprint density at radius 1 is 0.923 bits per heavy atom. The molecule has 3 aromatic carbocycles. The number of ether oxygens (including phenoxy) is 1. The number of carbonyl (C=O) groups excluding carboxylic acids is 1. The minimum atomic E-state index is -2.65. The normalized spacial score (nSPS) is 12.2. The summed E-state index contributed by atoms with van der Waals surface area (Å²) in [6, 6.07) is 31.0. The molecule has 0 aliphatic rings. The molecule has 1 atom stereocenters. The van der Waals surface area contributed by atoms with E-state index in [9.17, 15) is 4.79 Å². The summed E-state index contributed by atoms with van der Waals surface area (Å²) >= 11 is 0. The first-order chi connectivity index (χ1) is 18.8. The van der Waals surface area contributed by atoms with Crippen LogP contribution in [0.3, 0.4) is 0 Å². The van der Waals surface area contributed by atoms with Crippen LogP contribution in [0.25, 0.3) is 0 Å². The summed E-state index contributed by atoms with van der Waals surface area (Å²) in [7, 11) is -0.887. The highest BCUT2D eigenvalue weighted by Gasteiger charge is 2.50. The summed E-state index contributed by atoms with van der Waals surface area (Å²) in [5.74, 6) is 6.24. The van der Waals surface area contributed by atoms with Crippen LogP contribution in [0.4, 0.5) is 4.79 Å². The first-order valence-corrected chi connectivity index (χ1v) is 15.5. The lowest BCUT2D eigenvalue weighted by Gasteiger charge is -2.43. The predicted molar refractivity (Wildman–Crippen MR) is 163 cm³/mol. The SMILES string of the molecule is CC#CC[C@H](CO[Si](c1ccccc1)(c1ccccc1)C(C)(C)C)NCCN(C)C(=O)OCc1ccccc1. The third kappa shape index (κ3) is 8.30. The van der Waals surface area contributed by atoms with Crippen LogP contribution in [0.15, 0.2) is 91.0 Å². The zero-order valence-electron chi connectivity index (χ0n) is 23.9. The summed E-state index contributed by atoms with van der Waals surface area (Å²) in [5.41, 5.74) is 0.969. The van der Waals surface area contributed by atoms with Crippen LogP contribution in [0.2, 0.25) is 5.04 Å². The molecule has 0 fully saturated rings. The van der Waals surface area contributed by atoms with Gasteiger partial charge in [0.15, 0.2) is 0 Å². The second-order valence-corrected chi connectivity index (χ2v) is 15.0. The molecule has 5 nitrogen and oxygen atoms in total. The molecular weight excluding hydrogens is 500 g/mol. The number of benzene rings is 3. The molecule has 0 unspecified atom stereocenters. The molecule has 0 heterocycles. The van der Waals surface area contributed by atoms with Crippen molar-refractivity contribution < 1.29 is 14.0 Å². The maximum atomic E-state index is 12.5. The van der Waals surface area contributed by atoms with Crippen molar-refractivity contribution in [2.45, 2.75) is 51.8 Å². The summed E-state index contributed by atoms with van der Waals surface area (Å²) < 4.78 is 12.6. The van der Waals surface area contributed by atoms with Crippen LogP contribution in [-0.2, 0) is 15.8 Å². The monoisotopic (exact) mass is 542 g/mol. The van der Waals surface area contributed by atoms with E-state index in [0.717, 1.165) is 5.56 Å². The Hall–Kier alpha value is -3.37. The number of hydrogen-bond acceptors (Lipinski definition) is 4. The molecule has 0 aromatic heterocycles. The topological polar surface area (TPSA) is 50.8 Å². The van der Waals surface area contributed by atoms with Gasteiger partial charge in [-0.1, -0.05) is 112 Å². The molecule has 3 aromatic rings. The number of carbonyl (C=O) groups is 1. The van der Waals surface area contributed by atoms with Gasteiger partial charge in [0.1, 0.15) is 6.61 Å². The highest BCUT2D eigenvalue weighted by molar-refractivity contribution is 6.99. The number of hydrogen-bond donors (Lipinski definition) is 1. The van der Waals surface area contributed by atoms with Gasteiger partial charge in [-0.2, -0.15) is 0 Å². The van der Waals surface area contributed by atoms with Gasteiger partial charge in [0.05, 0.1) is 6.61 Å². The zero-order valence-corrected chi connectivity index (χ0v) is 24.9. The van der Waals surface area contributed by atoms with Gasteiger partial charge in [-0.3, -0.25) is 0 Å². The van der Waals surface area contributed by atoms with E-state index in [1.807, 2.05) is 37.3 Å². The fourth-order valence-electron chi connectivity index (χ4n) is 4.76. The lowest BCUT2D eigenvalue weighted by atomic mass is 10.2. The number of likely N-dealkylation sites (N-methyl/N-ethyl adjacent to an activating group) is 1. The van der Waals surface area contributed by atoms with Gasteiger partial charge in [0.2, 0.25) is 0 Å². The third-order valence-electron chi connectivity index (χ3n) is 6.84. The molecule has 3 rings (SSSR count). The molecule has 0 aliphatic heterocycles. The van der Waals surface area contributed by atoms with Crippen LogP contribution in [0.1, 0.15) is 39.7 Å². The average Bonchev–Trinajstić information content (AvgIpc) is 2.95. The fourth-order valence-corrected chi connectivity index (χ4v) is 9.37. The smallest absolute Gasteiger partial charge is 0.409 e. The molecule has 1 amide bonds. The minimum absolute atomic E-state index is 0.0211. The lowest BCUT2D eigenvalue weighted by molar-refractivity contribution is 0.104. The summed E-state index contributed by atoms with van der Waals surface area (Å²) in [6.07, 6.45) is 0.325. The van der Waals surface area contributed by atoms with Crippen molar-refractivity contribution in [3.63, 3.8) is 0 Å². The first kappa shape index (κ1) is 30.2. The Kier molecular flexibility index (Phi) is 11.4. The first-order valence-electron chi connectivity index (χ1n) is 13.6. The van der Waals surface area contributed by atoms with Crippen molar-refractivity contribution in [3.05, 3.63) is 96.6 Å². The van der Waals surface area contributed by atoms with Crippen LogP contribution >= 0.6 is 0 Å². The van der Waals surface area contributed by atoms with Gasteiger partial charge in [-0.15, -0.1) is 11.8 Å². The molecule has 1 N–H and O–H groups in total. The van der Waals surface area contributed by atoms with Crippen LogP contribution in [0, 0.1) is 11.8 Å². The van der Waals surface area contributed by atoms with E-state index in [1.165, 1.54) is 10.4 Å². The minimum Gasteiger partial charge on any atom is -0.445 e. The molecule has 0 bridgehead atoms. The molecule has 0 saturated heterocycles. The van der Waals surface area contributed by atoms with E-state index in [2.05, 4.69) is 98.6 Å². The van der Waals surface area contributed by atoms with E-state index in [1.54, 1.807) is 11.9 Å². The second kappa shape index (κ2) is 14.7. The van der Waals surface area contributed by atoms with Gasteiger partial charge in [0.25, 0.3) is 8.32 Å². The third-order valence-corrected chi connectivity index (χ3v) is 11.8. The lowest BCUT2D eigenvalue weighted by Crippen LogP contribution is -2.67. The van der Waals surface area contributed by atoms with Gasteiger partial charge in [-0.25, -0.2) is 4.79 Å². The molecule has 0 saturated carbocycles. The number of amides is 1. The Labute approximate surface area is 235 Å². The zero-order chi connectivity index (χ0) is 28.1. The standard InChI is InChI=1S/C33H42N2O3Si/c1-6-7-19-29(34-24-25-35(5)32(36)37-26-28-17-11-8-12-18-28)27-38-39(33(2,3)4,30-20-13-9-14-21-30)31-22-15-10-16-23-31/h8-18,20-23,29,34H,19,24-27H2,1-5H3/t29-/m1/s1. The quantitative estimate of drug-likeness (QED) is 0.252. The fraction of sp³-hybridized carbons (Fsp3) is 0.364. The van der Waals surface area contributed by atoms with Crippen molar-refractivity contribution in [2.24, 2.45) is 0 Å². The number of nitrogens with zero attached hydrogens (tertiary/aromatic N) is 1. The Balaban J connectivity index is 1.69. The van der Waals surface area contributed by atoms with Crippen molar-refractivity contribution >= 4 is 24.8 Å². The maximum Gasteiger partial charge on any atom is 0.409 e. The molecule has 6 heteroatoms. The van der Waals surface area contributed by atoms with Crippen molar-refractivity contribution in [1.82, 2.24) is 10.2 Å².